The lowest BCUT2D eigenvalue weighted by Crippen LogP contribution is -2.15. The lowest BCUT2D eigenvalue weighted by molar-refractivity contribution is 0.114. The molecule has 90 valence electrons. The summed E-state index contributed by atoms with van der Waals surface area (Å²) in [7, 11) is 0. The van der Waals surface area contributed by atoms with Crippen molar-refractivity contribution in [2.75, 3.05) is 13.2 Å². The SMILES string of the molecule is CCCOCc1noc([C@H]2C[C@@H](O)CN2)n1. The summed E-state index contributed by atoms with van der Waals surface area (Å²) in [6, 6.07) is -0.0255. The molecule has 0 radical (unpaired) electrons. The van der Waals surface area contributed by atoms with Crippen LogP contribution in [0.5, 0.6) is 0 Å². The van der Waals surface area contributed by atoms with E-state index in [9.17, 15) is 5.11 Å². The first-order valence-corrected chi connectivity index (χ1v) is 5.61. The first-order valence-electron chi connectivity index (χ1n) is 5.61. The minimum absolute atomic E-state index is 0.0255. The molecule has 1 aliphatic rings. The van der Waals surface area contributed by atoms with Crippen LogP contribution in [0.4, 0.5) is 0 Å². The van der Waals surface area contributed by atoms with Gasteiger partial charge in [0.05, 0.1) is 12.1 Å². The Kier molecular flexibility index (Phi) is 3.87. The van der Waals surface area contributed by atoms with E-state index in [4.69, 9.17) is 9.26 Å². The van der Waals surface area contributed by atoms with Crippen molar-refractivity contribution in [2.45, 2.75) is 38.5 Å². The molecule has 0 saturated carbocycles. The van der Waals surface area contributed by atoms with Crippen LogP contribution >= 0.6 is 0 Å². The summed E-state index contributed by atoms with van der Waals surface area (Å²) in [6.07, 6.45) is 1.27. The number of hydrogen-bond acceptors (Lipinski definition) is 6. The van der Waals surface area contributed by atoms with Crippen LogP contribution in [0.15, 0.2) is 4.52 Å². The Morgan fingerprint density at radius 3 is 3.19 bits per heavy atom. The number of β-amino-alcohol motifs (C(OH)–C–C–N with tert-alkyl or cyclic N) is 1. The smallest absolute Gasteiger partial charge is 0.243 e. The number of hydrogen-bond donors (Lipinski definition) is 2. The van der Waals surface area contributed by atoms with E-state index in [0.29, 0.717) is 37.9 Å². The average Bonchev–Trinajstić information content (AvgIpc) is 2.87. The Balaban J connectivity index is 1.87. The van der Waals surface area contributed by atoms with E-state index < -0.39 is 0 Å². The molecule has 1 aromatic rings. The lowest BCUT2D eigenvalue weighted by Gasteiger charge is -2.01. The average molecular weight is 227 g/mol. The highest BCUT2D eigenvalue weighted by atomic mass is 16.5. The van der Waals surface area contributed by atoms with Crippen LogP contribution in [-0.2, 0) is 11.3 Å². The second-order valence-corrected chi connectivity index (χ2v) is 3.95. The molecular weight excluding hydrogens is 210 g/mol. The summed E-state index contributed by atoms with van der Waals surface area (Å²) in [5.41, 5.74) is 0. The van der Waals surface area contributed by atoms with E-state index in [1.165, 1.54) is 0 Å². The molecule has 0 unspecified atom stereocenters. The molecule has 16 heavy (non-hydrogen) atoms. The van der Waals surface area contributed by atoms with Gasteiger partial charge < -0.3 is 19.7 Å². The minimum atomic E-state index is -0.323. The summed E-state index contributed by atoms with van der Waals surface area (Å²) in [5.74, 6) is 1.10. The van der Waals surface area contributed by atoms with E-state index in [2.05, 4.69) is 15.5 Å². The van der Waals surface area contributed by atoms with Crippen LogP contribution in [0.3, 0.4) is 0 Å². The van der Waals surface area contributed by atoms with Crippen molar-refractivity contribution < 1.29 is 14.4 Å². The molecule has 1 aliphatic heterocycles. The van der Waals surface area contributed by atoms with Crippen molar-refractivity contribution >= 4 is 0 Å². The molecule has 0 aliphatic carbocycles. The van der Waals surface area contributed by atoms with Gasteiger partial charge in [0.15, 0.2) is 5.82 Å². The molecule has 2 heterocycles. The van der Waals surface area contributed by atoms with Crippen LogP contribution in [0.25, 0.3) is 0 Å². The number of aromatic nitrogens is 2. The van der Waals surface area contributed by atoms with Gasteiger partial charge in [-0.1, -0.05) is 12.1 Å². The molecular formula is C10H17N3O3. The van der Waals surface area contributed by atoms with Crippen LogP contribution in [0.2, 0.25) is 0 Å². The third kappa shape index (κ3) is 2.78. The predicted octanol–water partition coefficient (Wildman–Crippen LogP) is 0.392. The summed E-state index contributed by atoms with van der Waals surface area (Å²) in [5, 5.41) is 16.3. The fourth-order valence-electron chi connectivity index (χ4n) is 1.68. The Morgan fingerprint density at radius 1 is 1.62 bits per heavy atom. The zero-order valence-electron chi connectivity index (χ0n) is 9.35. The van der Waals surface area contributed by atoms with Gasteiger partial charge in [0, 0.05) is 13.2 Å². The fraction of sp³-hybridized carbons (Fsp3) is 0.800. The number of aliphatic hydroxyl groups excluding tert-OH is 1. The van der Waals surface area contributed by atoms with Gasteiger partial charge in [-0.25, -0.2) is 0 Å². The zero-order chi connectivity index (χ0) is 11.4. The van der Waals surface area contributed by atoms with Crippen molar-refractivity contribution in [1.29, 1.82) is 0 Å². The predicted molar refractivity (Wildman–Crippen MR) is 55.6 cm³/mol. The monoisotopic (exact) mass is 227 g/mol. The summed E-state index contributed by atoms with van der Waals surface area (Å²) >= 11 is 0. The molecule has 6 heteroatoms. The Hall–Kier alpha value is -0.980. The van der Waals surface area contributed by atoms with Crippen LogP contribution in [-0.4, -0.2) is 34.5 Å². The van der Waals surface area contributed by atoms with Crippen LogP contribution in [0, 0.1) is 0 Å². The van der Waals surface area contributed by atoms with E-state index >= 15 is 0 Å². The second-order valence-electron chi connectivity index (χ2n) is 3.95. The number of rotatable bonds is 5. The molecule has 2 rings (SSSR count). The van der Waals surface area contributed by atoms with E-state index in [0.717, 1.165) is 6.42 Å². The van der Waals surface area contributed by atoms with Gasteiger partial charge in [-0.3, -0.25) is 0 Å². The quantitative estimate of drug-likeness (QED) is 0.708. The highest BCUT2D eigenvalue weighted by Crippen LogP contribution is 2.21. The third-order valence-corrected chi connectivity index (χ3v) is 2.47. The molecule has 1 fully saturated rings. The number of aliphatic hydroxyl groups is 1. The number of ether oxygens (including phenoxy) is 1. The summed E-state index contributed by atoms with van der Waals surface area (Å²) in [6.45, 7) is 3.71. The molecule has 2 atom stereocenters. The van der Waals surface area contributed by atoms with Crippen molar-refractivity contribution in [3.8, 4) is 0 Å². The van der Waals surface area contributed by atoms with Crippen LogP contribution < -0.4 is 5.32 Å². The molecule has 0 amide bonds. The first-order chi connectivity index (χ1) is 7.79. The van der Waals surface area contributed by atoms with Crippen LogP contribution in [0.1, 0.15) is 37.5 Å². The van der Waals surface area contributed by atoms with Gasteiger partial charge in [-0.15, -0.1) is 0 Å². The molecule has 0 bridgehead atoms. The zero-order valence-corrected chi connectivity index (χ0v) is 9.35. The second kappa shape index (κ2) is 5.38. The largest absolute Gasteiger partial charge is 0.392 e. The van der Waals surface area contributed by atoms with Gasteiger partial charge in [0.2, 0.25) is 5.89 Å². The lowest BCUT2D eigenvalue weighted by atomic mass is 10.2. The molecule has 2 N–H and O–H groups in total. The topological polar surface area (TPSA) is 80.4 Å². The normalized spacial score (nSPS) is 25.1. The van der Waals surface area contributed by atoms with Crippen molar-refractivity contribution in [2.24, 2.45) is 0 Å². The Morgan fingerprint density at radius 2 is 2.50 bits per heavy atom. The highest BCUT2D eigenvalue weighted by molar-refractivity contribution is 4.96. The van der Waals surface area contributed by atoms with Gasteiger partial charge in [-0.2, -0.15) is 4.98 Å². The standard InChI is InChI=1S/C10H17N3O3/c1-2-3-15-6-9-12-10(16-13-9)8-4-7(14)5-11-8/h7-8,11,14H,2-6H2,1H3/t7-,8-/m1/s1. The molecule has 1 saturated heterocycles. The van der Waals surface area contributed by atoms with Crippen molar-refractivity contribution in [3.05, 3.63) is 11.7 Å². The highest BCUT2D eigenvalue weighted by Gasteiger charge is 2.27. The Bertz CT molecular complexity index is 329. The first kappa shape index (κ1) is 11.5. The van der Waals surface area contributed by atoms with Gasteiger partial charge in [-0.05, 0) is 12.8 Å². The van der Waals surface area contributed by atoms with Gasteiger partial charge in [0.1, 0.15) is 6.61 Å². The van der Waals surface area contributed by atoms with E-state index in [1.54, 1.807) is 0 Å². The summed E-state index contributed by atoms with van der Waals surface area (Å²) in [4.78, 5) is 4.22. The molecule has 0 aromatic carbocycles. The maximum atomic E-state index is 9.36. The number of nitrogens with one attached hydrogen (secondary N) is 1. The molecule has 0 spiro atoms. The number of nitrogens with zero attached hydrogens (tertiary/aromatic N) is 2. The molecule has 6 nitrogen and oxygen atoms in total. The summed E-state index contributed by atoms with van der Waals surface area (Å²) < 4.78 is 10.4. The van der Waals surface area contributed by atoms with Gasteiger partial charge >= 0.3 is 0 Å². The van der Waals surface area contributed by atoms with E-state index in [1.807, 2.05) is 6.92 Å². The third-order valence-electron chi connectivity index (χ3n) is 2.47. The van der Waals surface area contributed by atoms with Gasteiger partial charge in [0.25, 0.3) is 0 Å². The van der Waals surface area contributed by atoms with Crippen molar-refractivity contribution in [1.82, 2.24) is 15.5 Å². The van der Waals surface area contributed by atoms with E-state index in [-0.39, 0.29) is 12.1 Å². The maximum Gasteiger partial charge on any atom is 0.243 e. The maximum absolute atomic E-state index is 9.36. The Labute approximate surface area is 94.0 Å². The minimum Gasteiger partial charge on any atom is -0.392 e. The molecule has 1 aromatic heterocycles. The fourth-order valence-corrected chi connectivity index (χ4v) is 1.68. The van der Waals surface area contributed by atoms with Crippen molar-refractivity contribution in [3.63, 3.8) is 0 Å².